The summed E-state index contributed by atoms with van der Waals surface area (Å²) in [6, 6.07) is 8.38. The Morgan fingerprint density at radius 2 is 2.13 bits per heavy atom. The normalized spacial score (nSPS) is 11.7. The second-order valence-electron chi connectivity index (χ2n) is 3.36. The fraction of sp³-hybridized carbons (Fsp3) is 0.167. The van der Waals surface area contributed by atoms with Crippen LogP contribution in [0.3, 0.4) is 0 Å². The van der Waals surface area contributed by atoms with Crippen LogP contribution in [0.2, 0.25) is 0 Å². The van der Waals surface area contributed by atoms with E-state index in [1.165, 1.54) is 11.1 Å². The quantitative estimate of drug-likeness (QED) is 0.838. The zero-order valence-electron chi connectivity index (χ0n) is 8.90. The van der Waals surface area contributed by atoms with Gasteiger partial charge in [0.15, 0.2) is 0 Å². The van der Waals surface area contributed by atoms with Gasteiger partial charge in [0.1, 0.15) is 0 Å². The lowest BCUT2D eigenvalue weighted by atomic mass is 10.1. The second kappa shape index (κ2) is 4.36. The maximum Gasteiger partial charge on any atom is 0.0592 e. The van der Waals surface area contributed by atoms with Gasteiger partial charge in [0.25, 0.3) is 0 Å². The van der Waals surface area contributed by atoms with E-state index >= 15 is 0 Å². The summed E-state index contributed by atoms with van der Waals surface area (Å²) in [6.45, 7) is 2.12. The Kier molecular flexibility index (Phi) is 2.92. The van der Waals surface area contributed by atoms with Crippen molar-refractivity contribution in [3.05, 3.63) is 47.0 Å². The van der Waals surface area contributed by atoms with Crippen LogP contribution in [0.5, 0.6) is 0 Å². The highest BCUT2D eigenvalue weighted by atomic mass is 32.1. The number of aromatic nitrogens is 1. The third-order valence-electron chi connectivity index (χ3n) is 2.35. The van der Waals surface area contributed by atoms with E-state index in [0.717, 1.165) is 5.70 Å². The molecule has 0 aliphatic heterocycles. The molecule has 78 valence electrons. The fourth-order valence-electron chi connectivity index (χ4n) is 1.48. The van der Waals surface area contributed by atoms with Gasteiger partial charge in [-0.25, -0.2) is 0 Å². The molecule has 0 radical (unpaired) electrons. The first-order valence-corrected chi connectivity index (χ1v) is 5.72. The maximum atomic E-state index is 3.23. The van der Waals surface area contributed by atoms with Crippen molar-refractivity contribution in [3.63, 3.8) is 0 Å². The SMILES string of the molecule is CN/C(=C\n1ccs1)c1ccccc1C. The third kappa shape index (κ3) is 2.13. The lowest BCUT2D eigenvalue weighted by Crippen LogP contribution is -2.07. The van der Waals surface area contributed by atoms with E-state index in [0.29, 0.717) is 0 Å². The van der Waals surface area contributed by atoms with Crippen LogP contribution in [0.4, 0.5) is 0 Å². The molecular formula is C12H14N2S. The summed E-state index contributed by atoms with van der Waals surface area (Å²) in [5.74, 6) is 0. The van der Waals surface area contributed by atoms with Gasteiger partial charge >= 0.3 is 0 Å². The van der Waals surface area contributed by atoms with Gasteiger partial charge in [-0.05, 0) is 12.5 Å². The van der Waals surface area contributed by atoms with Crippen molar-refractivity contribution in [2.24, 2.45) is 0 Å². The van der Waals surface area contributed by atoms with Crippen molar-refractivity contribution in [2.75, 3.05) is 7.05 Å². The Labute approximate surface area is 94.0 Å². The van der Waals surface area contributed by atoms with E-state index in [-0.39, 0.29) is 0 Å². The van der Waals surface area contributed by atoms with Crippen LogP contribution < -0.4 is 5.32 Å². The van der Waals surface area contributed by atoms with Gasteiger partial charge in [-0.15, -0.1) is 0 Å². The van der Waals surface area contributed by atoms with Crippen LogP contribution in [-0.2, 0) is 0 Å². The molecule has 1 aromatic heterocycles. The molecule has 0 atom stereocenters. The maximum absolute atomic E-state index is 3.23. The summed E-state index contributed by atoms with van der Waals surface area (Å²) in [7, 11) is 1.95. The average molecular weight is 218 g/mol. The monoisotopic (exact) mass is 218 g/mol. The molecule has 2 nitrogen and oxygen atoms in total. The van der Waals surface area contributed by atoms with Crippen molar-refractivity contribution < 1.29 is 0 Å². The molecule has 1 N–H and O–H groups in total. The molecule has 0 saturated heterocycles. The minimum atomic E-state index is 1.14. The zero-order chi connectivity index (χ0) is 10.7. The Morgan fingerprint density at radius 1 is 1.40 bits per heavy atom. The van der Waals surface area contributed by atoms with Gasteiger partial charge in [-0.3, -0.25) is 3.96 Å². The first-order valence-electron chi connectivity index (χ1n) is 4.88. The van der Waals surface area contributed by atoms with Gasteiger partial charge in [0.2, 0.25) is 0 Å². The summed E-state index contributed by atoms with van der Waals surface area (Å²) in [5.41, 5.74) is 3.68. The Hall–Kier alpha value is -1.48. The average Bonchev–Trinajstić information content (AvgIpc) is 2.19. The van der Waals surface area contributed by atoms with E-state index in [9.17, 15) is 0 Å². The Bertz CT molecular complexity index is 456. The molecule has 0 aliphatic carbocycles. The van der Waals surface area contributed by atoms with Crippen molar-refractivity contribution in [2.45, 2.75) is 6.92 Å². The Balaban J connectivity index is 2.37. The van der Waals surface area contributed by atoms with E-state index in [1.807, 2.05) is 13.2 Å². The predicted octanol–water partition coefficient (Wildman–Crippen LogP) is 3.03. The van der Waals surface area contributed by atoms with Crippen LogP contribution in [0.15, 0.2) is 35.8 Å². The summed E-state index contributed by atoms with van der Waals surface area (Å²) in [6.07, 6.45) is 4.15. The number of benzene rings is 1. The highest BCUT2D eigenvalue weighted by Crippen LogP contribution is 2.17. The number of nitrogens with one attached hydrogen (secondary N) is 1. The molecule has 0 spiro atoms. The molecule has 0 saturated carbocycles. The zero-order valence-corrected chi connectivity index (χ0v) is 9.71. The van der Waals surface area contributed by atoms with Crippen LogP contribution in [0, 0.1) is 6.92 Å². The third-order valence-corrected chi connectivity index (χ3v) is 3.07. The van der Waals surface area contributed by atoms with E-state index in [4.69, 9.17) is 0 Å². The number of hydrogen-bond acceptors (Lipinski definition) is 2. The second-order valence-corrected chi connectivity index (χ2v) is 4.26. The van der Waals surface area contributed by atoms with Crippen molar-refractivity contribution in [3.8, 4) is 0 Å². The highest BCUT2D eigenvalue weighted by molar-refractivity contribution is 7.05. The summed E-state index contributed by atoms with van der Waals surface area (Å²) in [4.78, 5) is 0. The fourth-order valence-corrected chi connectivity index (χ4v) is 1.90. The highest BCUT2D eigenvalue weighted by Gasteiger charge is 2.02. The molecule has 2 aromatic rings. The van der Waals surface area contributed by atoms with Crippen LogP contribution >= 0.6 is 11.5 Å². The lowest BCUT2D eigenvalue weighted by Gasteiger charge is -2.11. The standard InChI is InChI=1S/C12H14N2S/c1-10-5-3-4-6-11(10)12(13-2)9-14-7-8-15-14/h3-9,13H,1-2H3/b12-9-. The van der Waals surface area contributed by atoms with Gasteiger partial charge in [-0.1, -0.05) is 35.8 Å². The smallest absolute Gasteiger partial charge is 0.0592 e. The van der Waals surface area contributed by atoms with Gasteiger partial charge in [-0.2, -0.15) is 0 Å². The molecular weight excluding hydrogens is 204 g/mol. The van der Waals surface area contributed by atoms with Crippen molar-refractivity contribution >= 4 is 23.4 Å². The van der Waals surface area contributed by atoms with Gasteiger partial charge < -0.3 is 5.32 Å². The molecule has 0 aliphatic rings. The first kappa shape index (κ1) is 10.1. The number of aryl methyl sites for hydroxylation is 1. The number of rotatable bonds is 3. The number of hydrogen-bond donors (Lipinski definition) is 1. The van der Waals surface area contributed by atoms with Crippen LogP contribution in [0.1, 0.15) is 11.1 Å². The molecule has 1 aromatic carbocycles. The van der Waals surface area contributed by atoms with Crippen molar-refractivity contribution in [1.29, 1.82) is 0 Å². The summed E-state index contributed by atoms with van der Waals surface area (Å²) in [5, 5.41) is 5.29. The summed E-state index contributed by atoms with van der Waals surface area (Å²) >= 11 is 1.69. The number of nitrogens with zero attached hydrogens (tertiary/aromatic N) is 1. The van der Waals surface area contributed by atoms with Crippen molar-refractivity contribution in [1.82, 2.24) is 9.27 Å². The van der Waals surface area contributed by atoms with Gasteiger partial charge in [0.05, 0.1) is 5.70 Å². The predicted molar refractivity (Wildman–Crippen MR) is 66.7 cm³/mol. The van der Waals surface area contributed by atoms with Gasteiger partial charge in [0, 0.05) is 30.4 Å². The topological polar surface area (TPSA) is 17.0 Å². The molecule has 3 heteroatoms. The largest absolute Gasteiger partial charge is 0.386 e. The minimum Gasteiger partial charge on any atom is -0.386 e. The molecule has 0 amide bonds. The van der Waals surface area contributed by atoms with Crippen LogP contribution in [0.25, 0.3) is 11.9 Å². The molecule has 0 fully saturated rings. The molecule has 1 heterocycles. The van der Waals surface area contributed by atoms with E-state index in [2.05, 4.69) is 52.0 Å². The van der Waals surface area contributed by atoms with Crippen LogP contribution in [-0.4, -0.2) is 11.0 Å². The minimum absolute atomic E-state index is 1.14. The molecule has 0 bridgehead atoms. The molecule has 0 unspecified atom stereocenters. The lowest BCUT2D eigenvalue weighted by molar-refractivity contribution is 1.11. The Morgan fingerprint density at radius 3 is 2.67 bits per heavy atom. The summed E-state index contributed by atoms with van der Waals surface area (Å²) < 4.78 is 2.08. The molecule has 2 rings (SSSR count). The first-order chi connectivity index (χ1) is 7.31. The van der Waals surface area contributed by atoms with E-state index < -0.39 is 0 Å². The van der Waals surface area contributed by atoms with E-state index in [1.54, 1.807) is 11.5 Å². The molecule has 15 heavy (non-hydrogen) atoms.